The van der Waals surface area contributed by atoms with Crippen molar-refractivity contribution < 1.29 is 14.3 Å². The van der Waals surface area contributed by atoms with Crippen LogP contribution < -0.4 is 15.0 Å². The Hall–Kier alpha value is -3.84. The van der Waals surface area contributed by atoms with Crippen molar-refractivity contribution in [1.29, 1.82) is 0 Å². The highest BCUT2D eigenvalue weighted by Gasteiger charge is 2.12. The molecule has 0 spiro atoms. The van der Waals surface area contributed by atoms with Gasteiger partial charge >= 0.3 is 0 Å². The van der Waals surface area contributed by atoms with Gasteiger partial charge in [0.1, 0.15) is 11.6 Å². The number of nitrogens with one attached hydrogen (secondary N) is 2. The van der Waals surface area contributed by atoms with Crippen molar-refractivity contribution in [3.8, 4) is 17.1 Å². The van der Waals surface area contributed by atoms with Gasteiger partial charge in [0.2, 0.25) is 0 Å². The molecule has 1 aromatic heterocycles. The van der Waals surface area contributed by atoms with Crippen molar-refractivity contribution in [2.24, 2.45) is 0 Å². The first-order valence-corrected chi connectivity index (χ1v) is 10.6. The molecule has 1 saturated heterocycles. The van der Waals surface area contributed by atoms with Crippen LogP contribution in [0.4, 0.5) is 11.4 Å². The SMILES string of the molecule is COc1ccc2[nH]c(-c3ccc(C(=O)Nc4ccc(N5CCOCC5)cc4)cc3)nc2c1. The Balaban J connectivity index is 1.27. The highest BCUT2D eigenvalue weighted by Crippen LogP contribution is 2.24. The first kappa shape index (κ1) is 20.1. The Bertz CT molecular complexity index is 1230. The normalized spacial score (nSPS) is 13.8. The van der Waals surface area contributed by atoms with Crippen LogP contribution in [0.5, 0.6) is 5.75 Å². The molecule has 0 aliphatic carbocycles. The van der Waals surface area contributed by atoms with Gasteiger partial charge in [-0.15, -0.1) is 0 Å². The molecule has 32 heavy (non-hydrogen) atoms. The molecule has 2 heterocycles. The third-order valence-corrected chi connectivity index (χ3v) is 5.61. The van der Waals surface area contributed by atoms with E-state index in [1.807, 2.05) is 54.6 Å². The van der Waals surface area contributed by atoms with E-state index in [-0.39, 0.29) is 5.91 Å². The van der Waals surface area contributed by atoms with E-state index in [2.05, 4.69) is 20.2 Å². The molecule has 0 radical (unpaired) electrons. The molecular formula is C25H24N4O3. The Labute approximate surface area is 186 Å². The summed E-state index contributed by atoms with van der Waals surface area (Å²) >= 11 is 0. The van der Waals surface area contributed by atoms with E-state index in [0.717, 1.165) is 65.8 Å². The fourth-order valence-electron chi connectivity index (χ4n) is 3.81. The van der Waals surface area contributed by atoms with Gasteiger partial charge in [-0.2, -0.15) is 0 Å². The van der Waals surface area contributed by atoms with Crippen LogP contribution in [0.15, 0.2) is 66.7 Å². The number of hydrogen-bond donors (Lipinski definition) is 2. The zero-order valence-electron chi connectivity index (χ0n) is 17.8. The van der Waals surface area contributed by atoms with Crippen LogP contribution in [0.1, 0.15) is 10.4 Å². The largest absolute Gasteiger partial charge is 0.497 e. The minimum Gasteiger partial charge on any atom is -0.497 e. The van der Waals surface area contributed by atoms with E-state index in [1.54, 1.807) is 19.2 Å². The smallest absolute Gasteiger partial charge is 0.255 e. The fraction of sp³-hybridized carbons (Fsp3) is 0.200. The molecule has 4 aromatic rings. The number of ether oxygens (including phenoxy) is 2. The molecule has 1 aliphatic heterocycles. The lowest BCUT2D eigenvalue weighted by atomic mass is 10.1. The predicted octanol–water partition coefficient (Wildman–Crippen LogP) is 4.33. The molecule has 1 amide bonds. The molecule has 3 aromatic carbocycles. The van der Waals surface area contributed by atoms with Gasteiger partial charge in [0, 0.05) is 41.7 Å². The first-order valence-electron chi connectivity index (χ1n) is 10.6. The Morgan fingerprint density at radius 3 is 2.50 bits per heavy atom. The number of nitrogens with zero attached hydrogens (tertiary/aromatic N) is 2. The minimum absolute atomic E-state index is 0.148. The lowest BCUT2D eigenvalue weighted by molar-refractivity contribution is 0.102. The molecule has 7 heteroatoms. The second kappa shape index (κ2) is 8.72. The van der Waals surface area contributed by atoms with Crippen LogP contribution in [0, 0.1) is 0 Å². The molecule has 0 atom stereocenters. The highest BCUT2D eigenvalue weighted by atomic mass is 16.5. The number of anilines is 2. The topological polar surface area (TPSA) is 79.5 Å². The number of aromatic nitrogens is 2. The van der Waals surface area contributed by atoms with E-state index in [0.29, 0.717) is 5.56 Å². The third-order valence-electron chi connectivity index (χ3n) is 5.61. The van der Waals surface area contributed by atoms with Gasteiger partial charge in [0.05, 0.1) is 31.4 Å². The number of benzene rings is 3. The molecular weight excluding hydrogens is 404 g/mol. The molecule has 162 valence electrons. The lowest BCUT2D eigenvalue weighted by Gasteiger charge is -2.28. The second-order valence-electron chi connectivity index (χ2n) is 7.65. The van der Waals surface area contributed by atoms with E-state index in [4.69, 9.17) is 9.47 Å². The van der Waals surface area contributed by atoms with Crippen LogP contribution >= 0.6 is 0 Å². The van der Waals surface area contributed by atoms with Gasteiger partial charge in [0.15, 0.2) is 0 Å². The number of H-pyrrole nitrogens is 1. The Morgan fingerprint density at radius 1 is 1.03 bits per heavy atom. The maximum atomic E-state index is 12.7. The zero-order chi connectivity index (χ0) is 21.9. The molecule has 0 saturated carbocycles. The molecule has 1 fully saturated rings. The van der Waals surface area contributed by atoms with Gasteiger partial charge in [-0.1, -0.05) is 12.1 Å². The van der Waals surface area contributed by atoms with Crippen LogP contribution in [-0.2, 0) is 4.74 Å². The standard InChI is InChI=1S/C25H24N4O3/c1-31-21-10-11-22-23(16-21)28-24(27-22)17-2-4-18(5-3-17)25(30)26-19-6-8-20(9-7-19)29-12-14-32-15-13-29/h2-11,16H,12-15H2,1H3,(H,26,30)(H,27,28). The Morgan fingerprint density at radius 2 is 1.78 bits per heavy atom. The molecule has 0 bridgehead atoms. The summed E-state index contributed by atoms with van der Waals surface area (Å²) < 4.78 is 10.7. The number of methoxy groups -OCH3 is 1. The molecule has 2 N–H and O–H groups in total. The minimum atomic E-state index is -0.148. The van der Waals surface area contributed by atoms with Crippen molar-refractivity contribution in [3.63, 3.8) is 0 Å². The van der Waals surface area contributed by atoms with Crippen molar-refractivity contribution in [3.05, 3.63) is 72.3 Å². The van der Waals surface area contributed by atoms with Gasteiger partial charge in [-0.25, -0.2) is 4.98 Å². The first-order chi connectivity index (χ1) is 15.7. The van der Waals surface area contributed by atoms with Crippen molar-refractivity contribution in [1.82, 2.24) is 9.97 Å². The fourth-order valence-corrected chi connectivity index (χ4v) is 3.81. The van der Waals surface area contributed by atoms with Crippen LogP contribution in [0.2, 0.25) is 0 Å². The predicted molar refractivity (Wildman–Crippen MR) is 126 cm³/mol. The maximum absolute atomic E-state index is 12.7. The summed E-state index contributed by atoms with van der Waals surface area (Å²) in [7, 11) is 1.64. The molecule has 0 unspecified atom stereocenters. The monoisotopic (exact) mass is 428 g/mol. The average molecular weight is 428 g/mol. The van der Waals surface area contributed by atoms with E-state index in [1.165, 1.54) is 0 Å². The summed E-state index contributed by atoms with van der Waals surface area (Å²) in [6, 6.07) is 21.0. The number of morpholine rings is 1. The van der Waals surface area contributed by atoms with Gasteiger partial charge in [-0.3, -0.25) is 4.79 Å². The van der Waals surface area contributed by atoms with Crippen LogP contribution in [0.25, 0.3) is 22.4 Å². The molecule has 5 rings (SSSR count). The summed E-state index contributed by atoms with van der Waals surface area (Å²) in [6.45, 7) is 3.26. The van der Waals surface area contributed by atoms with Crippen LogP contribution in [0.3, 0.4) is 0 Å². The summed E-state index contributed by atoms with van der Waals surface area (Å²) in [6.07, 6.45) is 0. The number of aromatic amines is 1. The number of amides is 1. The summed E-state index contributed by atoms with van der Waals surface area (Å²) in [5.74, 6) is 1.37. The van der Waals surface area contributed by atoms with Crippen molar-refractivity contribution >= 4 is 28.3 Å². The third kappa shape index (κ3) is 4.15. The number of hydrogen-bond acceptors (Lipinski definition) is 5. The van der Waals surface area contributed by atoms with Crippen molar-refractivity contribution in [2.45, 2.75) is 0 Å². The van der Waals surface area contributed by atoms with Crippen LogP contribution in [-0.4, -0.2) is 49.3 Å². The zero-order valence-corrected chi connectivity index (χ0v) is 17.8. The lowest BCUT2D eigenvalue weighted by Crippen LogP contribution is -2.36. The average Bonchev–Trinajstić information content (AvgIpc) is 3.28. The quantitative estimate of drug-likeness (QED) is 0.495. The van der Waals surface area contributed by atoms with Gasteiger partial charge in [-0.05, 0) is 48.5 Å². The summed E-state index contributed by atoms with van der Waals surface area (Å²) in [5.41, 5.74) is 5.17. The highest BCUT2D eigenvalue weighted by molar-refractivity contribution is 6.04. The Kier molecular flexibility index (Phi) is 5.47. The molecule has 7 nitrogen and oxygen atoms in total. The van der Waals surface area contributed by atoms with E-state index in [9.17, 15) is 4.79 Å². The number of carbonyl (C=O) groups is 1. The summed E-state index contributed by atoms with van der Waals surface area (Å²) in [4.78, 5) is 22.9. The van der Waals surface area contributed by atoms with Crippen molar-refractivity contribution in [2.75, 3.05) is 43.6 Å². The maximum Gasteiger partial charge on any atom is 0.255 e. The van der Waals surface area contributed by atoms with Gasteiger partial charge < -0.3 is 24.7 Å². The number of imidazole rings is 1. The van der Waals surface area contributed by atoms with E-state index >= 15 is 0 Å². The number of carbonyl (C=O) groups excluding carboxylic acids is 1. The van der Waals surface area contributed by atoms with E-state index < -0.39 is 0 Å². The second-order valence-corrected chi connectivity index (χ2v) is 7.65. The van der Waals surface area contributed by atoms with Gasteiger partial charge in [0.25, 0.3) is 5.91 Å². The number of rotatable bonds is 5. The molecule has 1 aliphatic rings. The summed E-state index contributed by atoms with van der Waals surface area (Å²) in [5, 5.41) is 2.96. The number of fused-ring (bicyclic) bond motifs is 1.